The summed E-state index contributed by atoms with van der Waals surface area (Å²) in [4.78, 5) is 10.9. The number of alkyl halides is 2. The Morgan fingerprint density at radius 2 is 2.15 bits per heavy atom. The number of hydrogen-bond acceptors (Lipinski definition) is 2. The molecule has 5 heteroatoms. The van der Waals surface area contributed by atoms with Gasteiger partial charge in [0.25, 0.3) is 0 Å². The average molecular weight is 190 g/mol. The monoisotopic (exact) mass is 190 g/mol. The summed E-state index contributed by atoms with van der Waals surface area (Å²) in [6.07, 6.45) is -0.299. The Labute approximate surface area is 74.7 Å². The van der Waals surface area contributed by atoms with E-state index in [9.17, 15) is 13.6 Å². The van der Waals surface area contributed by atoms with Crippen molar-refractivity contribution in [2.24, 2.45) is 17.6 Å². The zero-order valence-corrected chi connectivity index (χ0v) is 7.09. The van der Waals surface area contributed by atoms with E-state index in [1.54, 1.807) is 0 Å². The number of nitrogens with one attached hydrogen (secondary N) is 1. The predicted octanol–water partition coefficient (Wildman–Crippen LogP) is 0.105. The molecule has 0 spiro atoms. The van der Waals surface area contributed by atoms with Crippen LogP contribution in [0.25, 0.3) is 0 Å². The highest BCUT2D eigenvalue weighted by atomic mass is 19.3. The molecule has 3 N–H and O–H groups in total. The fourth-order valence-corrected chi connectivity index (χ4v) is 2.48. The normalized spacial score (nSPS) is 41.8. The zero-order chi connectivity index (χ0) is 9.64. The molecule has 1 saturated carbocycles. The Morgan fingerprint density at radius 3 is 2.77 bits per heavy atom. The molecule has 0 radical (unpaired) electrons. The van der Waals surface area contributed by atoms with Crippen LogP contribution in [0.15, 0.2) is 0 Å². The lowest BCUT2D eigenvalue weighted by Gasteiger charge is -2.15. The first-order chi connectivity index (χ1) is 5.99. The fourth-order valence-electron chi connectivity index (χ4n) is 2.48. The molecule has 1 heterocycles. The Hall–Kier alpha value is -0.710. The first-order valence-electron chi connectivity index (χ1n) is 4.40. The number of fused-ring (bicyclic) bond motifs is 1. The molecule has 1 amide bonds. The van der Waals surface area contributed by atoms with Crippen molar-refractivity contribution in [3.63, 3.8) is 0 Å². The number of nitrogens with two attached hydrogens (primary N) is 1. The van der Waals surface area contributed by atoms with Crippen LogP contribution >= 0.6 is 0 Å². The van der Waals surface area contributed by atoms with Gasteiger partial charge < -0.3 is 11.1 Å². The Kier molecular flexibility index (Phi) is 1.80. The molecule has 0 bridgehead atoms. The van der Waals surface area contributed by atoms with Crippen molar-refractivity contribution in [3.05, 3.63) is 0 Å². The first-order valence-corrected chi connectivity index (χ1v) is 4.40. The highest BCUT2D eigenvalue weighted by Gasteiger charge is 2.53. The highest BCUT2D eigenvalue weighted by Crippen LogP contribution is 2.46. The van der Waals surface area contributed by atoms with E-state index in [0.717, 1.165) is 0 Å². The summed E-state index contributed by atoms with van der Waals surface area (Å²) >= 11 is 0. The van der Waals surface area contributed by atoms with Gasteiger partial charge in [-0.2, -0.15) is 0 Å². The van der Waals surface area contributed by atoms with Gasteiger partial charge in [-0.25, -0.2) is 8.78 Å². The van der Waals surface area contributed by atoms with Crippen LogP contribution in [0.3, 0.4) is 0 Å². The third-order valence-electron chi connectivity index (χ3n) is 3.04. The molecule has 74 valence electrons. The van der Waals surface area contributed by atoms with Crippen LogP contribution in [0, 0.1) is 11.8 Å². The Morgan fingerprint density at radius 1 is 1.46 bits per heavy atom. The molecule has 3 unspecified atom stereocenters. The van der Waals surface area contributed by atoms with E-state index in [-0.39, 0.29) is 24.7 Å². The lowest BCUT2D eigenvalue weighted by atomic mass is 9.94. The van der Waals surface area contributed by atoms with Gasteiger partial charge >= 0.3 is 0 Å². The van der Waals surface area contributed by atoms with Gasteiger partial charge in [-0.3, -0.25) is 4.79 Å². The topological polar surface area (TPSA) is 55.1 Å². The molecule has 0 aromatic heterocycles. The van der Waals surface area contributed by atoms with E-state index in [0.29, 0.717) is 6.54 Å². The third-order valence-corrected chi connectivity index (χ3v) is 3.04. The van der Waals surface area contributed by atoms with Crippen LogP contribution < -0.4 is 11.1 Å². The summed E-state index contributed by atoms with van der Waals surface area (Å²) in [5.74, 6) is -3.43. The number of amides is 1. The molecular formula is C8H12F2N2O. The number of carbonyl (C=O) groups excluding carboxylic acids is 1. The van der Waals surface area contributed by atoms with Gasteiger partial charge in [0, 0.05) is 12.8 Å². The van der Waals surface area contributed by atoms with E-state index in [2.05, 4.69) is 5.32 Å². The van der Waals surface area contributed by atoms with E-state index in [4.69, 9.17) is 5.73 Å². The summed E-state index contributed by atoms with van der Waals surface area (Å²) in [7, 11) is 0. The summed E-state index contributed by atoms with van der Waals surface area (Å²) in [5, 5.41) is 2.89. The maximum Gasteiger partial charge on any atom is 0.248 e. The highest BCUT2D eigenvalue weighted by molar-refractivity contribution is 5.80. The summed E-state index contributed by atoms with van der Waals surface area (Å²) in [6.45, 7) is 0.494. The lowest BCUT2D eigenvalue weighted by Crippen LogP contribution is -2.41. The van der Waals surface area contributed by atoms with Gasteiger partial charge in [-0.05, 0) is 18.4 Å². The number of carbonyl (C=O) groups is 1. The molecule has 1 aliphatic heterocycles. The van der Waals surface area contributed by atoms with Crippen molar-refractivity contribution in [2.75, 3.05) is 6.54 Å². The smallest absolute Gasteiger partial charge is 0.248 e. The first kappa shape index (κ1) is 8.87. The average Bonchev–Trinajstić information content (AvgIpc) is 2.41. The van der Waals surface area contributed by atoms with E-state index in [1.807, 2.05) is 0 Å². The van der Waals surface area contributed by atoms with Crippen LogP contribution in [-0.4, -0.2) is 24.4 Å². The van der Waals surface area contributed by atoms with E-state index >= 15 is 0 Å². The Balaban J connectivity index is 2.12. The van der Waals surface area contributed by atoms with Crippen LogP contribution in [-0.2, 0) is 4.79 Å². The predicted molar refractivity (Wildman–Crippen MR) is 42.1 cm³/mol. The third kappa shape index (κ3) is 1.41. The maximum absolute atomic E-state index is 12.9. The van der Waals surface area contributed by atoms with Gasteiger partial charge in [-0.15, -0.1) is 0 Å². The van der Waals surface area contributed by atoms with E-state index < -0.39 is 17.9 Å². The van der Waals surface area contributed by atoms with Crippen molar-refractivity contribution in [3.8, 4) is 0 Å². The largest absolute Gasteiger partial charge is 0.368 e. The standard InChI is InChI=1S/C8H12F2N2O/c9-8(10)1-4-3-12-6(7(11)13)5(4)2-8/h4-6,12H,1-3H2,(H2,11,13). The molecular weight excluding hydrogens is 178 g/mol. The van der Waals surface area contributed by atoms with Gasteiger partial charge in [0.2, 0.25) is 11.8 Å². The van der Waals surface area contributed by atoms with Crippen molar-refractivity contribution in [1.29, 1.82) is 0 Å². The van der Waals surface area contributed by atoms with Gasteiger partial charge in [0.1, 0.15) is 0 Å². The minimum absolute atomic E-state index is 0.0764. The summed E-state index contributed by atoms with van der Waals surface area (Å²) in [6, 6.07) is -0.543. The van der Waals surface area contributed by atoms with Gasteiger partial charge in [0.05, 0.1) is 6.04 Å². The second kappa shape index (κ2) is 2.64. The maximum atomic E-state index is 12.9. The number of halogens is 2. The SMILES string of the molecule is NC(=O)C1NCC2CC(F)(F)CC21. The van der Waals surface area contributed by atoms with Gasteiger partial charge in [-0.1, -0.05) is 0 Å². The molecule has 0 aromatic carbocycles. The van der Waals surface area contributed by atoms with Crippen LogP contribution in [0.5, 0.6) is 0 Å². The molecule has 3 atom stereocenters. The van der Waals surface area contributed by atoms with Gasteiger partial charge in [0.15, 0.2) is 0 Å². The number of primary amides is 1. The minimum Gasteiger partial charge on any atom is -0.368 e. The van der Waals surface area contributed by atoms with Crippen molar-refractivity contribution < 1.29 is 13.6 Å². The quantitative estimate of drug-likeness (QED) is 0.616. The Bertz CT molecular complexity index is 244. The van der Waals surface area contributed by atoms with Crippen LogP contribution in [0.1, 0.15) is 12.8 Å². The van der Waals surface area contributed by atoms with E-state index in [1.165, 1.54) is 0 Å². The molecule has 13 heavy (non-hydrogen) atoms. The second-order valence-corrected chi connectivity index (χ2v) is 3.98. The minimum atomic E-state index is -2.59. The molecule has 2 fully saturated rings. The molecule has 2 rings (SSSR count). The fraction of sp³-hybridized carbons (Fsp3) is 0.875. The molecule has 0 aromatic rings. The zero-order valence-electron chi connectivity index (χ0n) is 7.09. The number of rotatable bonds is 1. The van der Waals surface area contributed by atoms with Crippen LogP contribution in [0.2, 0.25) is 0 Å². The summed E-state index contributed by atoms with van der Waals surface area (Å²) in [5.41, 5.74) is 5.10. The van der Waals surface area contributed by atoms with Crippen molar-refractivity contribution in [1.82, 2.24) is 5.32 Å². The van der Waals surface area contributed by atoms with Crippen LogP contribution in [0.4, 0.5) is 8.78 Å². The molecule has 3 nitrogen and oxygen atoms in total. The molecule has 1 saturated heterocycles. The summed E-state index contributed by atoms with van der Waals surface area (Å²) < 4.78 is 25.8. The van der Waals surface area contributed by atoms with Crippen molar-refractivity contribution in [2.45, 2.75) is 24.8 Å². The second-order valence-electron chi connectivity index (χ2n) is 3.98. The number of hydrogen-bond donors (Lipinski definition) is 2. The lowest BCUT2D eigenvalue weighted by molar-refractivity contribution is -0.120. The molecule has 1 aliphatic carbocycles. The van der Waals surface area contributed by atoms with Crippen molar-refractivity contribution >= 4 is 5.91 Å². The molecule has 2 aliphatic rings.